The second-order valence-corrected chi connectivity index (χ2v) is 5.38. The molecule has 0 atom stereocenters. The van der Waals surface area contributed by atoms with E-state index in [1.54, 1.807) is 0 Å². The maximum atomic E-state index is 13.2. The highest BCUT2D eigenvalue weighted by molar-refractivity contribution is 5.83. The van der Waals surface area contributed by atoms with Gasteiger partial charge in [0.25, 0.3) is 0 Å². The van der Waals surface area contributed by atoms with Gasteiger partial charge in [0.2, 0.25) is 0 Å². The standard InChI is InChI=1S/C14H18F3N3O2/c1-19-4-6-20(7-5-19)9-10-2-3-11(18-13(21)22)8-12(10)14(15,16)17/h2-3,8,18H,4-7,9H2,1H3,(H,21,22). The predicted molar refractivity (Wildman–Crippen MR) is 75.9 cm³/mol. The third kappa shape index (κ3) is 4.35. The zero-order valence-corrected chi connectivity index (χ0v) is 12.2. The Morgan fingerprint density at radius 2 is 1.91 bits per heavy atom. The first-order valence-electron chi connectivity index (χ1n) is 6.86. The number of piperazine rings is 1. The second kappa shape index (κ2) is 6.53. The molecule has 1 aliphatic heterocycles. The summed E-state index contributed by atoms with van der Waals surface area (Å²) in [5, 5.41) is 10.6. The van der Waals surface area contributed by atoms with Crippen molar-refractivity contribution in [2.45, 2.75) is 12.7 Å². The van der Waals surface area contributed by atoms with Gasteiger partial charge < -0.3 is 10.0 Å². The molecule has 1 amide bonds. The summed E-state index contributed by atoms with van der Waals surface area (Å²) < 4.78 is 39.5. The average Bonchev–Trinajstić information content (AvgIpc) is 2.41. The third-order valence-corrected chi connectivity index (χ3v) is 3.66. The topological polar surface area (TPSA) is 55.8 Å². The zero-order valence-electron chi connectivity index (χ0n) is 12.2. The number of nitrogens with one attached hydrogen (secondary N) is 1. The summed E-state index contributed by atoms with van der Waals surface area (Å²) in [7, 11) is 1.98. The van der Waals surface area contributed by atoms with Crippen LogP contribution in [0.4, 0.5) is 23.7 Å². The van der Waals surface area contributed by atoms with Gasteiger partial charge in [0.05, 0.1) is 5.56 Å². The first-order chi connectivity index (χ1) is 10.3. The lowest BCUT2D eigenvalue weighted by atomic mass is 10.0. The molecule has 1 saturated heterocycles. The number of hydrogen-bond donors (Lipinski definition) is 2. The van der Waals surface area contributed by atoms with Crippen molar-refractivity contribution in [2.75, 3.05) is 38.5 Å². The monoisotopic (exact) mass is 317 g/mol. The average molecular weight is 317 g/mol. The van der Waals surface area contributed by atoms with Crippen molar-refractivity contribution in [2.24, 2.45) is 0 Å². The number of benzene rings is 1. The van der Waals surface area contributed by atoms with Gasteiger partial charge in [-0.1, -0.05) is 6.07 Å². The molecule has 1 fully saturated rings. The number of halogens is 3. The zero-order chi connectivity index (χ0) is 16.3. The van der Waals surface area contributed by atoms with Gasteiger partial charge in [-0.25, -0.2) is 4.79 Å². The van der Waals surface area contributed by atoms with Gasteiger partial charge >= 0.3 is 12.3 Å². The lowest BCUT2D eigenvalue weighted by Gasteiger charge is -2.33. The van der Waals surface area contributed by atoms with Crippen LogP contribution in [0.5, 0.6) is 0 Å². The van der Waals surface area contributed by atoms with Crippen LogP contribution in [0.25, 0.3) is 0 Å². The molecule has 0 radical (unpaired) electrons. The molecule has 8 heteroatoms. The van der Waals surface area contributed by atoms with Crippen molar-refractivity contribution in [1.29, 1.82) is 0 Å². The van der Waals surface area contributed by atoms with E-state index < -0.39 is 17.8 Å². The number of carboxylic acid groups (broad SMARTS) is 1. The molecule has 22 heavy (non-hydrogen) atoms. The van der Waals surface area contributed by atoms with Gasteiger partial charge in [0.1, 0.15) is 0 Å². The van der Waals surface area contributed by atoms with E-state index in [2.05, 4.69) is 4.90 Å². The van der Waals surface area contributed by atoms with Crippen LogP contribution in [0.15, 0.2) is 18.2 Å². The molecule has 0 unspecified atom stereocenters. The van der Waals surface area contributed by atoms with Gasteiger partial charge in [-0.2, -0.15) is 13.2 Å². The van der Waals surface area contributed by atoms with E-state index >= 15 is 0 Å². The molecule has 122 valence electrons. The molecule has 1 aromatic carbocycles. The van der Waals surface area contributed by atoms with Gasteiger partial charge in [-0.15, -0.1) is 0 Å². The SMILES string of the molecule is CN1CCN(Cc2ccc(NC(=O)O)cc2C(F)(F)F)CC1. The van der Waals surface area contributed by atoms with Crippen LogP contribution in [-0.2, 0) is 12.7 Å². The van der Waals surface area contributed by atoms with Crippen LogP contribution >= 0.6 is 0 Å². The van der Waals surface area contributed by atoms with Gasteiger partial charge in [0.15, 0.2) is 0 Å². The summed E-state index contributed by atoms with van der Waals surface area (Å²) in [6, 6.07) is 3.54. The second-order valence-electron chi connectivity index (χ2n) is 5.38. The van der Waals surface area contributed by atoms with Crippen LogP contribution in [0, 0.1) is 0 Å². The third-order valence-electron chi connectivity index (χ3n) is 3.66. The van der Waals surface area contributed by atoms with Crippen LogP contribution < -0.4 is 5.32 Å². The first kappa shape index (κ1) is 16.6. The fraction of sp³-hybridized carbons (Fsp3) is 0.500. The number of hydrogen-bond acceptors (Lipinski definition) is 3. The number of amides is 1. The van der Waals surface area contributed by atoms with E-state index in [-0.39, 0.29) is 17.8 Å². The normalized spacial score (nSPS) is 17.5. The Bertz CT molecular complexity index is 541. The van der Waals surface area contributed by atoms with E-state index in [9.17, 15) is 18.0 Å². The minimum Gasteiger partial charge on any atom is -0.465 e. The van der Waals surface area contributed by atoms with E-state index in [1.165, 1.54) is 12.1 Å². The summed E-state index contributed by atoms with van der Waals surface area (Å²) >= 11 is 0. The highest BCUT2D eigenvalue weighted by Crippen LogP contribution is 2.34. The fourth-order valence-electron chi connectivity index (χ4n) is 2.43. The van der Waals surface area contributed by atoms with E-state index in [4.69, 9.17) is 5.11 Å². The maximum absolute atomic E-state index is 13.2. The van der Waals surface area contributed by atoms with E-state index in [0.29, 0.717) is 13.1 Å². The summed E-state index contributed by atoms with van der Waals surface area (Å²) in [5.41, 5.74) is -0.715. The van der Waals surface area contributed by atoms with Crippen molar-refractivity contribution in [3.63, 3.8) is 0 Å². The molecule has 1 aliphatic rings. The van der Waals surface area contributed by atoms with Crippen molar-refractivity contribution >= 4 is 11.8 Å². The van der Waals surface area contributed by atoms with Gasteiger partial charge in [-0.3, -0.25) is 10.2 Å². The van der Waals surface area contributed by atoms with Gasteiger partial charge in [-0.05, 0) is 24.7 Å². The maximum Gasteiger partial charge on any atom is 0.416 e. The quantitative estimate of drug-likeness (QED) is 0.899. The molecule has 1 aromatic rings. The number of nitrogens with zero attached hydrogens (tertiary/aromatic N) is 2. The highest BCUT2D eigenvalue weighted by Gasteiger charge is 2.34. The Morgan fingerprint density at radius 1 is 1.27 bits per heavy atom. The molecule has 0 aliphatic carbocycles. The number of carbonyl (C=O) groups is 1. The summed E-state index contributed by atoms with van der Waals surface area (Å²) in [6.07, 6.45) is -5.90. The van der Waals surface area contributed by atoms with E-state index in [1.807, 2.05) is 17.3 Å². The number of anilines is 1. The van der Waals surface area contributed by atoms with Crippen LogP contribution in [0.2, 0.25) is 0 Å². The molecule has 2 N–H and O–H groups in total. The van der Waals surface area contributed by atoms with Crippen LogP contribution in [0.3, 0.4) is 0 Å². The van der Waals surface area contributed by atoms with Crippen molar-refractivity contribution in [3.05, 3.63) is 29.3 Å². The molecular weight excluding hydrogens is 299 g/mol. The van der Waals surface area contributed by atoms with Crippen LogP contribution in [-0.4, -0.2) is 54.2 Å². The molecule has 5 nitrogen and oxygen atoms in total. The molecule has 0 aromatic heterocycles. The Hall–Kier alpha value is -1.80. The largest absolute Gasteiger partial charge is 0.465 e. The van der Waals surface area contributed by atoms with Crippen molar-refractivity contribution in [3.8, 4) is 0 Å². The Labute approximate surface area is 126 Å². The molecule has 0 spiro atoms. The van der Waals surface area contributed by atoms with Crippen molar-refractivity contribution in [1.82, 2.24) is 9.80 Å². The Kier molecular flexibility index (Phi) is 4.92. The van der Waals surface area contributed by atoms with Crippen molar-refractivity contribution < 1.29 is 23.1 Å². The molecule has 0 bridgehead atoms. The minimum atomic E-state index is -4.52. The minimum absolute atomic E-state index is 0.0815. The summed E-state index contributed by atoms with van der Waals surface area (Å²) in [4.78, 5) is 14.7. The molecule has 1 heterocycles. The molecular formula is C14H18F3N3O2. The Balaban J connectivity index is 2.20. The van der Waals surface area contributed by atoms with E-state index in [0.717, 1.165) is 19.2 Å². The smallest absolute Gasteiger partial charge is 0.416 e. The summed E-state index contributed by atoms with van der Waals surface area (Å²) in [6.45, 7) is 3.27. The highest BCUT2D eigenvalue weighted by atomic mass is 19.4. The fourth-order valence-corrected chi connectivity index (χ4v) is 2.43. The number of alkyl halides is 3. The summed E-state index contributed by atoms with van der Waals surface area (Å²) in [5.74, 6) is 0. The van der Waals surface area contributed by atoms with Gasteiger partial charge in [0, 0.05) is 38.4 Å². The molecule has 0 saturated carbocycles. The predicted octanol–water partition coefficient (Wildman–Crippen LogP) is 2.54. The lowest BCUT2D eigenvalue weighted by molar-refractivity contribution is -0.138. The first-order valence-corrected chi connectivity index (χ1v) is 6.86. The Morgan fingerprint density at radius 3 is 2.45 bits per heavy atom. The molecule has 2 rings (SSSR count). The number of likely N-dealkylation sites (N-methyl/N-ethyl adjacent to an activating group) is 1. The van der Waals surface area contributed by atoms with Crippen LogP contribution in [0.1, 0.15) is 11.1 Å². The number of rotatable bonds is 3. The lowest BCUT2D eigenvalue weighted by Crippen LogP contribution is -2.44.